The molecule has 0 aromatic heterocycles. The highest BCUT2D eigenvalue weighted by atomic mass is 16.7. The van der Waals surface area contributed by atoms with E-state index in [0.717, 1.165) is 30.4 Å². The summed E-state index contributed by atoms with van der Waals surface area (Å²) in [6.07, 6.45) is 4.47. The van der Waals surface area contributed by atoms with E-state index >= 15 is 0 Å². The highest BCUT2D eigenvalue weighted by Gasteiger charge is 2.54. The van der Waals surface area contributed by atoms with Crippen LogP contribution in [0.4, 0.5) is 0 Å². The lowest BCUT2D eigenvalue weighted by Gasteiger charge is -2.44. The van der Waals surface area contributed by atoms with Crippen LogP contribution in [0.2, 0.25) is 0 Å². The molecule has 0 unspecified atom stereocenters. The molecule has 2 heterocycles. The van der Waals surface area contributed by atoms with Gasteiger partial charge in [0.15, 0.2) is 11.6 Å². The first-order chi connectivity index (χ1) is 11.4. The molecule has 5 nitrogen and oxygen atoms in total. The van der Waals surface area contributed by atoms with E-state index in [4.69, 9.17) is 14.2 Å². The van der Waals surface area contributed by atoms with Gasteiger partial charge in [0, 0.05) is 24.2 Å². The predicted molar refractivity (Wildman–Crippen MR) is 86.4 cm³/mol. The third-order valence-electron chi connectivity index (χ3n) is 6.61. The minimum Gasteiger partial charge on any atom is -0.365 e. The van der Waals surface area contributed by atoms with E-state index in [1.165, 1.54) is 0 Å². The fourth-order valence-electron chi connectivity index (χ4n) is 5.01. The van der Waals surface area contributed by atoms with E-state index in [-0.39, 0.29) is 29.8 Å². The maximum atomic E-state index is 12.5. The summed E-state index contributed by atoms with van der Waals surface area (Å²) in [6, 6.07) is 0. The van der Waals surface area contributed by atoms with Crippen molar-refractivity contribution in [2.75, 3.05) is 19.8 Å². The number of carbonyl (C=O) groups is 2. The van der Waals surface area contributed by atoms with Gasteiger partial charge in [0.25, 0.3) is 0 Å². The van der Waals surface area contributed by atoms with Crippen LogP contribution in [0.1, 0.15) is 52.4 Å². The maximum absolute atomic E-state index is 12.5. The van der Waals surface area contributed by atoms with Crippen molar-refractivity contribution in [3.63, 3.8) is 0 Å². The molecule has 0 aromatic rings. The normalized spacial score (nSPS) is 38.4. The van der Waals surface area contributed by atoms with Crippen LogP contribution in [-0.4, -0.2) is 43.3 Å². The quantitative estimate of drug-likeness (QED) is 0.794. The molecule has 0 amide bonds. The van der Waals surface area contributed by atoms with Gasteiger partial charge in [-0.2, -0.15) is 0 Å². The van der Waals surface area contributed by atoms with Crippen LogP contribution < -0.4 is 0 Å². The number of hydrogen-bond donors (Lipinski definition) is 0. The second-order valence-electron chi connectivity index (χ2n) is 7.98. The fraction of sp³-hybridized carbons (Fsp3) is 0.789. The third-order valence-corrected chi connectivity index (χ3v) is 6.61. The molecule has 2 aliphatic heterocycles. The molecule has 0 N–H and O–H groups in total. The molecule has 0 bridgehead atoms. The maximum Gasteiger partial charge on any atom is 0.184 e. The second-order valence-corrected chi connectivity index (χ2v) is 7.98. The number of carbonyl (C=O) groups excluding carboxylic acids is 2. The number of fused-ring (bicyclic) bond motifs is 3. The molecular formula is C19H26O5. The molecule has 2 saturated carbocycles. The Morgan fingerprint density at radius 1 is 1.12 bits per heavy atom. The molecule has 0 aromatic carbocycles. The Hall–Kier alpha value is -1.04. The molecule has 2 aliphatic carbocycles. The Bertz CT molecular complexity index is 601. The molecule has 0 spiro atoms. The van der Waals surface area contributed by atoms with Crippen molar-refractivity contribution >= 4 is 11.6 Å². The molecular weight excluding hydrogens is 308 g/mol. The van der Waals surface area contributed by atoms with Crippen molar-refractivity contribution in [1.82, 2.24) is 0 Å². The van der Waals surface area contributed by atoms with Gasteiger partial charge in [0.2, 0.25) is 0 Å². The molecule has 24 heavy (non-hydrogen) atoms. The first-order valence-electron chi connectivity index (χ1n) is 9.11. The molecule has 4 rings (SSSR count). The van der Waals surface area contributed by atoms with Crippen LogP contribution in [0, 0.1) is 11.3 Å². The van der Waals surface area contributed by atoms with Crippen molar-refractivity contribution in [2.24, 2.45) is 11.3 Å². The molecule has 3 fully saturated rings. The number of ketones is 2. The molecule has 0 radical (unpaired) electrons. The summed E-state index contributed by atoms with van der Waals surface area (Å²) in [5, 5.41) is 0. The Balaban J connectivity index is 1.58. The SMILES string of the molecule is CC1(CCC2=C3CC[C@]4(C)C(=O)CC[C@H]4[C@@H]3OCC2=O)OCCO1. The van der Waals surface area contributed by atoms with Crippen molar-refractivity contribution in [3.8, 4) is 0 Å². The molecule has 3 atom stereocenters. The Morgan fingerprint density at radius 3 is 2.62 bits per heavy atom. The zero-order valence-corrected chi connectivity index (χ0v) is 14.6. The van der Waals surface area contributed by atoms with E-state index in [9.17, 15) is 9.59 Å². The summed E-state index contributed by atoms with van der Waals surface area (Å²) in [5.74, 6) is 0.116. The summed E-state index contributed by atoms with van der Waals surface area (Å²) in [5.41, 5.74) is 1.79. The van der Waals surface area contributed by atoms with Gasteiger partial charge < -0.3 is 14.2 Å². The van der Waals surface area contributed by atoms with Crippen LogP contribution >= 0.6 is 0 Å². The monoisotopic (exact) mass is 334 g/mol. The van der Waals surface area contributed by atoms with E-state index in [0.29, 0.717) is 38.3 Å². The predicted octanol–water partition coefficient (Wildman–Crippen LogP) is 2.57. The lowest BCUT2D eigenvalue weighted by Crippen LogP contribution is -2.46. The average molecular weight is 334 g/mol. The highest BCUT2D eigenvalue weighted by Crippen LogP contribution is 2.54. The largest absolute Gasteiger partial charge is 0.365 e. The summed E-state index contributed by atoms with van der Waals surface area (Å²) in [4.78, 5) is 24.8. The number of hydrogen-bond acceptors (Lipinski definition) is 5. The summed E-state index contributed by atoms with van der Waals surface area (Å²) >= 11 is 0. The smallest absolute Gasteiger partial charge is 0.184 e. The zero-order chi connectivity index (χ0) is 16.9. The van der Waals surface area contributed by atoms with Crippen LogP contribution in [-0.2, 0) is 23.8 Å². The molecule has 5 heteroatoms. The minimum atomic E-state index is -0.575. The third kappa shape index (κ3) is 2.49. The Kier molecular flexibility index (Phi) is 3.94. The van der Waals surface area contributed by atoms with Gasteiger partial charge in [-0.3, -0.25) is 9.59 Å². The summed E-state index contributed by atoms with van der Waals surface area (Å²) < 4.78 is 17.3. The van der Waals surface area contributed by atoms with Crippen LogP contribution in [0.3, 0.4) is 0 Å². The van der Waals surface area contributed by atoms with Crippen molar-refractivity contribution in [1.29, 1.82) is 0 Å². The van der Waals surface area contributed by atoms with E-state index in [2.05, 4.69) is 6.92 Å². The van der Waals surface area contributed by atoms with Crippen LogP contribution in [0.15, 0.2) is 11.1 Å². The molecule has 4 aliphatic rings. The summed E-state index contributed by atoms with van der Waals surface area (Å²) in [6.45, 7) is 5.41. The first kappa shape index (κ1) is 16.4. The minimum absolute atomic E-state index is 0.0545. The Morgan fingerprint density at radius 2 is 1.88 bits per heavy atom. The molecule has 1 saturated heterocycles. The zero-order valence-electron chi connectivity index (χ0n) is 14.6. The highest BCUT2D eigenvalue weighted by molar-refractivity contribution is 5.98. The fourth-order valence-corrected chi connectivity index (χ4v) is 5.01. The van der Waals surface area contributed by atoms with Crippen molar-refractivity contribution in [3.05, 3.63) is 11.1 Å². The van der Waals surface area contributed by atoms with Gasteiger partial charge in [-0.05, 0) is 43.8 Å². The number of rotatable bonds is 3. The standard InChI is InChI=1S/C19H26O5/c1-18-7-5-13-12(6-8-19(2)23-9-10-24-19)15(20)11-22-17(13)14(18)3-4-16(18)21/h14,17H,3-11H2,1-2H3/t14-,17+,18-/m0/s1. The second kappa shape index (κ2) is 5.75. The lowest BCUT2D eigenvalue weighted by atomic mass is 9.64. The van der Waals surface area contributed by atoms with Gasteiger partial charge in [-0.1, -0.05) is 6.92 Å². The number of Topliss-reactive ketones (excluding diaryl/α,β-unsaturated/α-hetero) is 2. The van der Waals surface area contributed by atoms with Gasteiger partial charge >= 0.3 is 0 Å². The molecule has 132 valence electrons. The van der Waals surface area contributed by atoms with Gasteiger partial charge in [-0.25, -0.2) is 0 Å². The van der Waals surface area contributed by atoms with Gasteiger partial charge in [-0.15, -0.1) is 0 Å². The summed E-state index contributed by atoms with van der Waals surface area (Å²) in [7, 11) is 0. The van der Waals surface area contributed by atoms with Crippen LogP contribution in [0.5, 0.6) is 0 Å². The van der Waals surface area contributed by atoms with Crippen molar-refractivity contribution in [2.45, 2.75) is 64.3 Å². The van der Waals surface area contributed by atoms with Crippen molar-refractivity contribution < 1.29 is 23.8 Å². The van der Waals surface area contributed by atoms with E-state index in [1.54, 1.807) is 0 Å². The topological polar surface area (TPSA) is 61.8 Å². The first-order valence-corrected chi connectivity index (χ1v) is 9.11. The van der Waals surface area contributed by atoms with E-state index in [1.807, 2.05) is 6.92 Å². The van der Waals surface area contributed by atoms with Gasteiger partial charge in [0.1, 0.15) is 12.4 Å². The number of ether oxygens (including phenoxy) is 3. The van der Waals surface area contributed by atoms with E-state index < -0.39 is 5.79 Å². The van der Waals surface area contributed by atoms with Gasteiger partial charge in [0.05, 0.1) is 19.3 Å². The Labute approximate surface area is 142 Å². The lowest BCUT2D eigenvalue weighted by molar-refractivity contribution is -0.147. The average Bonchev–Trinajstić information content (AvgIpc) is 3.11. The van der Waals surface area contributed by atoms with Crippen LogP contribution in [0.25, 0.3) is 0 Å².